The highest BCUT2D eigenvalue weighted by molar-refractivity contribution is 7.89. The van der Waals surface area contributed by atoms with Gasteiger partial charge in [0.2, 0.25) is 10.0 Å². The molecular weight excluding hydrogens is 380 g/mol. The third-order valence-corrected chi connectivity index (χ3v) is 5.51. The van der Waals surface area contributed by atoms with E-state index in [0.29, 0.717) is 11.1 Å². The van der Waals surface area contributed by atoms with Gasteiger partial charge in [-0.05, 0) is 44.5 Å². The summed E-state index contributed by atoms with van der Waals surface area (Å²) in [5, 5.41) is 11.1. The minimum atomic E-state index is -3.91. The Morgan fingerprint density at radius 3 is 2.39 bits per heavy atom. The number of nitro benzene ring substituents is 1. The van der Waals surface area contributed by atoms with Crippen molar-refractivity contribution in [2.75, 3.05) is 0 Å². The zero-order chi connectivity index (χ0) is 20.9. The maximum atomic E-state index is 12.8. The van der Waals surface area contributed by atoms with Gasteiger partial charge in [-0.15, -0.1) is 5.73 Å². The van der Waals surface area contributed by atoms with Gasteiger partial charge in [-0.3, -0.25) is 14.9 Å². The Morgan fingerprint density at radius 1 is 1.18 bits per heavy atom. The number of carbonyl (C=O) groups excluding carboxylic acids is 1. The molecule has 146 valence electrons. The number of carbonyl (C=O) groups is 1. The molecule has 28 heavy (non-hydrogen) atoms. The smallest absolute Gasteiger partial charge is 0.269 e. The van der Waals surface area contributed by atoms with Gasteiger partial charge in [0.25, 0.3) is 5.69 Å². The second-order valence-electron chi connectivity index (χ2n) is 6.26. The number of rotatable bonds is 7. The van der Waals surface area contributed by atoms with Crippen molar-refractivity contribution in [3.8, 4) is 0 Å². The topological polar surface area (TPSA) is 106 Å². The number of ketones is 1. The molecule has 0 amide bonds. The minimum Gasteiger partial charge on any atom is -0.294 e. The van der Waals surface area contributed by atoms with Gasteiger partial charge >= 0.3 is 0 Å². The highest BCUT2D eigenvalue weighted by atomic mass is 32.2. The third kappa shape index (κ3) is 5.47. The fourth-order valence-electron chi connectivity index (χ4n) is 2.29. The van der Waals surface area contributed by atoms with Crippen LogP contribution in [0.4, 0.5) is 5.69 Å². The quantitative estimate of drug-likeness (QED) is 0.331. The van der Waals surface area contributed by atoms with Crippen LogP contribution in [0.1, 0.15) is 31.0 Å². The van der Waals surface area contributed by atoms with E-state index in [9.17, 15) is 23.3 Å². The van der Waals surface area contributed by atoms with E-state index >= 15 is 0 Å². The molecule has 0 aliphatic heterocycles. The van der Waals surface area contributed by atoms with Gasteiger partial charge in [0, 0.05) is 17.7 Å². The standard InChI is InChI=1S/C20H20N2O5S/c1-14-7-10-19(11-8-14)28(26,27)21-20(12-9-15(2)16(3)23)17-5-4-6-18(13-17)22(24)25/h4-8,10-13,20-21H,1-3H3. The van der Waals surface area contributed by atoms with E-state index in [1.807, 2.05) is 6.92 Å². The van der Waals surface area contributed by atoms with Crippen LogP contribution in [0.3, 0.4) is 0 Å². The molecule has 1 N–H and O–H groups in total. The van der Waals surface area contributed by atoms with Crippen LogP contribution in [0.5, 0.6) is 0 Å². The van der Waals surface area contributed by atoms with Gasteiger partial charge in [-0.2, -0.15) is 4.72 Å². The van der Waals surface area contributed by atoms with Crippen LogP contribution in [0.2, 0.25) is 0 Å². The number of hydrogen-bond acceptors (Lipinski definition) is 5. The molecule has 0 fully saturated rings. The number of benzene rings is 2. The number of nitro groups is 1. The van der Waals surface area contributed by atoms with E-state index in [1.54, 1.807) is 25.1 Å². The summed E-state index contributed by atoms with van der Waals surface area (Å²) in [6.07, 6.45) is 1.38. The van der Waals surface area contributed by atoms with Crippen molar-refractivity contribution in [3.05, 3.63) is 87.2 Å². The number of aryl methyl sites for hydroxylation is 1. The van der Waals surface area contributed by atoms with E-state index in [0.717, 1.165) is 5.56 Å². The molecule has 0 saturated heterocycles. The van der Waals surface area contributed by atoms with E-state index < -0.39 is 21.0 Å². The summed E-state index contributed by atoms with van der Waals surface area (Å²) >= 11 is 0. The average Bonchev–Trinajstić information content (AvgIpc) is 2.65. The Bertz CT molecular complexity index is 1070. The molecule has 0 saturated carbocycles. The van der Waals surface area contributed by atoms with Crippen molar-refractivity contribution < 1.29 is 18.1 Å². The Hall–Kier alpha value is -3.06. The first-order chi connectivity index (χ1) is 13.1. The van der Waals surface area contributed by atoms with Crippen molar-refractivity contribution in [1.82, 2.24) is 4.72 Å². The van der Waals surface area contributed by atoms with Gasteiger partial charge < -0.3 is 0 Å². The zero-order valence-electron chi connectivity index (χ0n) is 15.7. The van der Waals surface area contributed by atoms with Gasteiger partial charge in [0.15, 0.2) is 5.78 Å². The van der Waals surface area contributed by atoms with Crippen molar-refractivity contribution in [1.29, 1.82) is 0 Å². The lowest BCUT2D eigenvalue weighted by Crippen LogP contribution is -2.27. The SMILES string of the molecule is CC(=O)C(C)=C=CC(NS(=O)(=O)c1ccc(C)cc1)c1cccc([N+](=O)[O-])c1. The molecule has 7 nitrogen and oxygen atoms in total. The van der Waals surface area contributed by atoms with E-state index in [1.165, 1.54) is 43.3 Å². The van der Waals surface area contributed by atoms with Crippen LogP contribution < -0.4 is 4.72 Å². The molecule has 2 rings (SSSR count). The molecule has 1 unspecified atom stereocenters. The minimum absolute atomic E-state index is 0.0641. The predicted octanol–water partition coefficient (Wildman–Crippen LogP) is 3.61. The van der Waals surface area contributed by atoms with Crippen LogP contribution in [0, 0.1) is 17.0 Å². The molecule has 8 heteroatoms. The Labute approximate surface area is 163 Å². The monoisotopic (exact) mass is 400 g/mol. The number of non-ortho nitro benzene ring substituents is 1. The maximum absolute atomic E-state index is 12.8. The van der Waals surface area contributed by atoms with E-state index in [4.69, 9.17) is 0 Å². The molecule has 0 radical (unpaired) electrons. The van der Waals surface area contributed by atoms with Crippen molar-refractivity contribution in [2.45, 2.75) is 31.7 Å². The second kappa shape index (κ2) is 8.75. The number of hydrogen-bond donors (Lipinski definition) is 1. The lowest BCUT2D eigenvalue weighted by atomic mass is 10.1. The van der Waals surface area contributed by atoms with E-state index in [2.05, 4.69) is 10.5 Å². The average molecular weight is 400 g/mol. The predicted molar refractivity (Wildman–Crippen MR) is 105 cm³/mol. The first-order valence-electron chi connectivity index (χ1n) is 8.38. The number of nitrogens with one attached hydrogen (secondary N) is 1. The van der Waals surface area contributed by atoms with E-state index in [-0.39, 0.29) is 16.4 Å². The highest BCUT2D eigenvalue weighted by Gasteiger charge is 2.21. The largest absolute Gasteiger partial charge is 0.294 e. The van der Waals surface area contributed by atoms with Crippen LogP contribution >= 0.6 is 0 Å². The summed E-state index contributed by atoms with van der Waals surface area (Å²) in [6, 6.07) is 11.0. The molecule has 2 aromatic rings. The third-order valence-electron chi connectivity index (χ3n) is 4.05. The summed E-state index contributed by atoms with van der Waals surface area (Å²) in [5.41, 5.74) is 4.17. The summed E-state index contributed by atoms with van der Waals surface area (Å²) in [4.78, 5) is 22.0. The van der Waals surface area contributed by atoms with Gasteiger partial charge in [-0.1, -0.05) is 29.8 Å². The second-order valence-corrected chi connectivity index (χ2v) is 7.97. The first-order valence-corrected chi connectivity index (χ1v) is 9.86. The molecule has 0 aliphatic rings. The summed E-state index contributed by atoms with van der Waals surface area (Å²) in [6.45, 7) is 4.76. The Morgan fingerprint density at radius 2 is 1.82 bits per heavy atom. The number of Topliss-reactive ketones (excluding diaryl/α,β-unsaturated/α-hetero) is 1. The Kier molecular flexibility index (Phi) is 6.64. The maximum Gasteiger partial charge on any atom is 0.269 e. The molecule has 0 aliphatic carbocycles. The molecule has 2 aromatic carbocycles. The molecule has 0 spiro atoms. The van der Waals surface area contributed by atoms with Crippen LogP contribution in [0.15, 0.2) is 70.8 Å². The molecule has 0 bridgehead atoms. The summed E-state index contributed by atoms with van der Waals surface area (Å²) in [5.74, 6) is -0.213. The van der Waals surface area contributed by atoms with Crippen LogP contribution in [0.25, 0.3) is 0 Å². The lowest BCUT2D eigenvalue weighted by Gasteiger charge is -2.15. The number of sulfonamides is 1. The summed E-state index contributed by atoms with van der Waals surface area (Å²) in [7, 11) is -3.91. The number of nitrogens with zero attached hydrogens (tertiary/aromatic N) is 1. The molecular formula is C20H20N2O5S. The van der Waals surface area contributed by atoms with Gasteiger partial charge in [-0.25, -0.2) is 8.42 Å². The van der Waals surface area contributed by atoms with Gasteiger partial charge in [0.1, 0.15) is 0 Å². The van der Waals surface area contributed by atoms with Crippen molar-refractivity contribution in [3.63, 3.8) is 0 Å². The summed E-state index contributed by atoms with van der Waals surface area (Å²) < 4.78 is 28.0. The first kappa shape index (κ1) is 21.2. The zero-order valence-corrected chi connectivity index (χ0v) is 16.5. The van der Waals surface area contributed by atoms with Crippen LogP contribution in [-0.2, 0) is 14.8 Å². The Balaban J connectivity index is 2.51. The lowest BCUT2D eigenvalue weighted by molar-refractivity contribution is -0.384. The normalized spacial score (nSPS) is 12.0. The fourth-order valence-corrected chi connectivity index (χ4v) is 3.46. The van der Waals surface area contributed by atoms with Gasteiger partial charge in [0.05, 0.1) is 15.9 Å². The van der Waals surface area contributed by atoms with Crippen molar-refractivity contribution in [2.24, 2.45) is 0 Å². The fraction of sp³-hybridized carbons (Fsp3) is 0.200. The molecule has 1 atom stereocenters. The van der Waals surface area contributed by atoms with Crippen molar-refractivity contribution >= 4 is 21.5 Å². The van der Waals surface area contributed by atoms with Crippen LogP contribution in [-0.4, -0.2) is 19.1 Å². The highest BCUT2D eigenvalue weighted by Crippen LogP contribution is 2.23. The molecule has 0 aromatic heterocycles. The molecule has 0 heterocycles.